The Hall–Kier alpha value is -2.65. The van der Waals surface area contributed by atoms with Gasteiger partial charge in [-0.3, -0.25) is 10.1 Å². The molecule has 2 aromatic rings. The largest absolute Gasteiger partial charge is 0.434 e. The van der Waals surface area contributed by atoms with Crippen molar-refractivity contribution < 1.29 is 22.8 Å². The van der Waals surface area contributed by atoms with E-state index in [1.165, 1.54) is 0 Å². The Morgan fingerprint density at radius 3 is 2.62 bits per heavy atom. The SMILES string of the molecule is CC(C)c1cc(C2CNC(=O)NC2=O)nn2cc(C(F)(F)F)nc12. The highest BCUT2D eigenvalue weighted by Crippen LogP contribution is 2.31. The number of urea groups is 1. The van der Waals surface area contributed by atoms with E-state index in [0.29, 0.717) is 5.56 Å². The molecule has 2 aromatic heterocycles. The van der Waals surface area contributed by atoms with E-state index in [1.54, 1.807) is 6.07 Å². The standard InChI is InChI=1S/C14H14F3N5O2/c1-6(2)7-3-9(8-4-18-13(24)20-12(8)23)21-22-5-10(14(15,16)17)19-11(7)22/h3,5-6,8H,4H2,1-2H3,(H2,18,20,23,24). The number of carbonyl (C=O) groups is 2. The van der Waals surface area contributed by atoms with Crippen LogP contribution in [0.1, 0.15) is 42.6 Å². The van der Waals surface area contributed by atoms with Crippen molar-refractivity contribution in [1.82, 2.24) is 25.2 Å². The summed E-state index contributed by atoms with van der Waals surface area (Å²) in [6.45, 7) is 3.65. The minimum absolute atomic E-state index is 0.0293. The van der Waals surface area contributed by atoms with Gasteiger partial charge in [-0.2, -0.15) is 18.3 Å². The topological polar surface area (TPSA) is 88.4 Å². The molecule has 1 saturated heterocycles. The number of nitrogens with one attached hydrogen (secondary N) is 2. The highest BCUT2D eigenvalue weighted by atomic mass is 19.4. The summed E-state index contributed by atoms with van der Waals surface area (Å²) in [6, 6.07) is 0.956. The first-order valence-electron chi connectivity index (χ1n) is 7.23. The van der Waals surface area contributed by atoms with Gasteiger partial charge in [-0.05, 0) is 12.0 Å². The van der Waals surface area contributed by atoms with Crippen LogP contribution in [0.25, 0.3) is 5.65 Å². The van der Waals surface area contributed by atoms with E-state index in [1.807, 2.05) is 13.8 Å². The quantitative estimate of drug-likeness (QED) is 0.872. The van der Waals surface area contributed by atoms with Gasteiger partial charge >= 0.3 is 12.2 Å². The molecule has 0 bridgehead atoms. The molecule has 3 rings (SSSR count). The van der Waals surface area contributed by atoms with Crippen molar-refractivity contribution in [1.29, 1.82) is 0 Å². The molecule has 0 radical (unpaired) electrons. The number of carbonyl (C=O) groups excluding carboxylic acids is 2. The van der Waals surface area contributed by atoms with E-state index >= 15 is 0 Å². The van der Waals surface area contributed by atoms with Gasteiger partial charge in [-0.1, -0.05) is 13.8 Å². The molecular formula is C14H14F3N5O2. The van der Waals surface area contributed by atoms with Gasteiger partial charge in [-0.25, -0.2) is 14.3 Å². The molecule has 0 saturated carbocycles. The van der Waals surface area contributed by atoms with Gasteiger partial charge in [0.1, 0.15) is 0 Å². The lowest BCUT2D eigenvalue weighted by atomic mass is 9.98. The Labute approximate surface area is 134 Å². The number of rotatable bonds is 2. The third kappa shape index (κ3) is 2.79. The molecule has 1 aliphatic rings. The second-order valence-electron chi connectivity index (χ2n) is 5.82. The maximum Gasteiger partial charge on any atom is 0.434 e. The summed E-state index contributed by atoms with van der Waals surface area (Å²) in [6.07, 6.45) is -3.79. The van der Waals surface area contributed by atoms with Crippen LogP contribution in [0, 0.1) is 0 Å². The number of amides is 3. The van der Waals surface area contributed by atoms with E-state index in [2.05, 4.69) is 20.7 Å². The lowest BCUT2D eigenvalue weighted by Gasteiger charge is -2.22. The van der Waals surface area contributed by atoms with E-state index < -0.39 is 29.7 Å². The number of fused-ring (bicyclic) bond motifs is 1. The predicted octanol–water partition coefficient (Wildman–Crippen LogP) is 1.79. The van der Waals surface area contributed by atoms with Crippen molar-refractivity contribution in [3.63, 3.8) is 0 Å². The number of halogens is 3. The summed E-state index contributed by atoms with van der Waals surface area (Å²) in [7, 11) is 0. The average Bonchev–Trinajstić information content (AvgIpc) is 2.90. The van der Waals surface area contributed by atoms with Crippen LogP contribution in [0.15, 0.2) is 12.3 Å². The predicted molar refractivity (Wildman–Crippen MR) is 76.4 cm³/mol. The lowest BCUT2D eigenvalue weighted by Crippen LogP contribution is -2.51. The summed E-state index contributed by atoms with van der Waals surface area (Å²) < 4.78 is 39.8. The molecule has 3 heterocycles. The molecule has 1 fully saturated rings. The summed E-state index contributed by atoms with van der Waals surface area (Å²) in [5, 5.41) is 8.69. The van der Waals surface area contributed by atoms with Crippen molar-refractivity contribution in [2.45, 2.75) is 31.9 Å². The smallest absolute Gasteiger partial charge is 0.337 e. The zero-order chi connectivity index (χ0) is 17.6. The maximum absolute atomic E-state index is 12.9. The normalized spacial score (nSPS) is 18.8. The minimum Gasteiger partial charge on any atom is -0.337 e. The van der Waals surface area contributed by atoms with Gasteiger partial charge in [0.05, 0.1) is 17.8 Å². The first-order chi connectivity index (χ1) is 11.2. The Morgan fingerprint density at radius 2 is 2.04 bits per heavy atom. The number of nitrogens with zero attached hydrogens (tertiary/aromatic N) is 3. The van der Waals surface area contributed by atoms with Crippen LogP contribution < -0.4 is 10.6 Å². The third-order valence-electron chi connectivity index (χ3n) is 3.76. The molecule has 7 nitrogen and oxygen atoms in total. The van der Waals surface area contributed by atoms with Crippen LogP contribution in [-0.2, 0) is 11.0 Å². The summed E-state index contributed by atoms with van der Waals surface area (Å²) >= 11 is 0. The highest BCUT2D eigenvalue weighted by molar-refractivity contribution is 6.00. The number of imide groups is 1. The fraction of sp³-hybridized carbons (Fsp3) is 0.429. The zero-order valence-electron chi connectivity index (χ0n) is 12.8. The second kappa shape index (κ2) is 5.46. The van der Waals surface area contributed by atoms with Crippen LogP contribution >= 0.6 is 0 Å². The highest BCUT2D eigenvalue weighted by Gasteiger charge is 2.35. The van der Waals surface area contributed by atoms with Crippen molar-refractivity contribution in [3.8, 4) is 0 Å². The van der Waals surface area contributed by atoms with Gasteiger partial charge in [-0.15, -0.1) is 0 Å². The van der Waals surface area contributed by atoms with Crippen LogP contribution in [0.2, 0.25) is 0 Å². The first-order valence-corrected chi connectivity index (χ1v) is 7.23. The van der Waals surface area contributed by atoms with Gasteiger partial charge in [0.15, 0.2) is 11.3 Å². The zero-order valence-corrected chi connectivity index (χ0v) is 12.8. The average molecular weight is 341 g/mol. The van der Waals surface area contributed by atoms with Crippen molar-refractivity contribution in [2.24, 2.45) is 0 Å². The molecule has 128 valence electrons. The third-order valence-corrected chi connectivity index (χ3v) is 3.76. The summed E-state index contributed by atoms with van der Waals surface area (Å²) in [5.74, 6) is -1.45. The first kappa shape index (κ1) is 16.2. The van der Waals surface area contributed by atoms with Gasteiger partial charge in [0, 0.05) is 12.1 Å². The number of hydrogen-bond acceptors (Lipinski definition) is 4. The molecule has 24 heavy (non-hydrogen) atoms. The maximum atomic E-state index is 12.9. The molecule has 0 aliphatic carbocycles. The Balaban J connectivity index is 2.13. The summed E-state index contributed by atoms with van der Waals surface area (Å²) in [5.41, 5.74) is -0.133. The molecule has 2 N–H and O–H groups in total. The van der Waals surface area contributed by atoms with Crippen LogP contribution in [0.4, 0.5) is 18.0 Å². The van der Waals surface area contributed by atoms with Gasteiger partial charge in [0.25, 0.3) is 0 Å². The van der Waals surface area contributed by atoms with Gasteiger partial charge in [0.2, 0.25) is 5.91 Å². The molecule has 1 unspecified atom stereocenters. The second-order valence-corrected chi connectivity index (χ2v) is 5.82. The number of hydrogen-bond donors (Lipinski definition) is 2. The minimum atomic E-state index is -4.59. The summed E-state index contributed by atoms with van der Waals surface area (Å²) in [4.78, 5) is 26.7. The fourth-order valence-corrected chi connectivity index (χ4v) is 2.52. The monoisotopic (exact) mass is 341 g/mol. The van der Waals surface area contributed by atoms with E-state index in [9.17, 15) is 22.8 Å². The van der Waals surface area contributed by atoms with E-state index in [-0.39, 0.29) is 23.8 Å². The van der Waals surface area contributed by atoms with Crippen LogP contribution in [0.5, 0.6) is 0 Å². The Bertz CT molecular complexity index is 828. The molecular weight excluding hydrogens is 327 g/mol. The van der Waals surface area contributed by atoms with Gasteiger partial charge < -0.3 is 5.32 Å². The molecule has 3 amide bonds. The lowest BCUT2D eigenvalue weighted by molar-refractivity contribution is -0.140. The molecule has 1 atom stereocenters. The number of aromatic nitrogens is 3. The molecule has 0 spiro atoms. The van der Waals surface area contributed by atoms with E-state index in [4.69, 9.17) is 0 Å². The van der Waals surface area contributed by atoms with Crippen molar-refractivity contribution >= 4 is 17.6 Å². The van der Waals surface area contributed by atoms with Crippen LogP contribution in [-0.4, -0.2) is 33.1 Å². The van der Waals surface area contributed by atoms with E-state index in [0.717, 1.165) is 10.7 Å². The molecule has 10 heteroatoms. The number of alkyl halides is 3. The molecule has 1 aliphatic heterocycles. The van der Waals surface area contributed by atoms with Crippen molar-refractivity contribution in [2.75, 3.05) is 6.54 Å². The fourth-order valence-electron chi connectivity index (χ4n) is 2.52. The van der Waals surface area contributed by atoms with Crippen LogP contribution in [0.3, 0.4) is 0 Å². The van der Waals surface area contributed by atoms with Crippen molar-refractivity contribution in [3.05, 3.63) is 29.2 Å². The number of imidazole rings is 1. The molecule has 0 aromatic carbocycles. The Kier molecular flexibility index (Phi) is 3.69. The Morgan fingerprint density at radius 1 is 1.33 bits per heavy atom.